The zero-order chi connectivity index (χ0) is 91.2. The van der Waals surface area contributed by atoms with Gasteiger partial charge in [-0.05, 0) is 71.8 Å². The molecule has 4 heterocycles. The van der Waals surface area contributed by atoms with Crippen LogP contribution in [0, 0.1) is 0 Å². The molecule has 0 radical (unpaired) electrons. The van der Waals surface area contributed by atoms with Gasteiger partial charge in [0.25, 0.3) is 17.7 Å². The van der Waals surface area contributed by atoms with Crippen molar-refractivity contribution in [2.75, 3.05) is 113 Å². The van der Waals surface area contributed by atoms with Crippen LogP contribution in [-0.4, -0.2) is 321 Å². The third-order valence-corrected chi connectivity index (χ3v) is 21.1. The first kappa shape index (κ1) is 98.7. The van der Waals surface area contributed by atoms with Gasteiger partial charge >= 0.3 is 11.9 Å². The molecule has 45 heteroatoms. The zero-order valence-electron chi connectivity index (χ0n) is 69.9. The van der Waals surface area contributed by atoms with Crippen LogP contribution in [0.5, 0.6) is 17.2 Å². The second kappa shape index (κ2) is 48.0. The number of phenols is 2. The third-order valence-electron chi connectivity index (χ3n) is 21.1. The van der Waals surface area contributed by atoms with Crippen LogP contribution < -0.4 is 68.5 Å². The van der Waals surface area contributed by atoms with Crippen molar-refractivity contribution in [3.8, 4) is 17.2 Å². The number of rotatable bonds is 51. The van der Waals surface area contributed by atoms with Gasteiger partial charge in [-0.15, -0.1) is 0 Å². The van der Waals surface area contributed by atoms with Crippen molar-refractivity contribution in [2.24, 2.45) is 0 Å². The Morgan fingerprint density at radius 1 is 0.576 bits per heavy atom. The number of morpholine rings is 1. The van der Waals surface area contributed by atoms with Crippen molar-refractivity contribution >= 4 is 106 Å². The minimum atomic E-state index is -2.46. The molecule has 17 N–H and O–H groups in total. The van der Waals surface area contributed by atoms with Crippen molar-refractivity contribution in [3.05, 3.63) is 63.7 Å². The molecule has 0 aromatic heterocycles. The van der Waals surface area contributed by atoms with Crippen LogP contribution in [0.25, 0.3) is 0 Å². The Morgan fingerprint density at radius 2 is 1.23 bits per heavy atom. The Morgan fingerprint density at radius 3 is 1.95 bits per heavy atom. The molecule has 0 saturated carbocycles. The van der Waals surface area contributed by atoms with E-state index in [9.17, 15) is 107 Å². The highest BCUT2D eigenvalue weighted by Crippen LogP contribution is 2.53. The molecule has 8 rings (SSSR count). The van der Waals surface area contributed by atoms with Crippen LogP contribution in [0.1, 0.15) is 166 Å². The van der Waals surface area contributed by atoms with Crippen molar-refractivity contribution in [2.45, 2.75) is 196 Å². The summed E-state index contributed by atoms with van der Waals surface area (Å²) in [6, 6.07) is -1.18. The first-order valence-electron chi connectivity index (χ1n) is 41.1. The molecule has 0 unspecified atom stereocenters. The highest BCUT2D eigenvalue weighted by molar-refractivity contribution is 6.31. The van der Waals surface area contributed by atoms with E-state index >= 15 is 0 Å². The number of carboxylic acids is 2. The molecule has 3 saturated heterocycles. The molecule has 2 aliphatic carbocycles. The molecule has 0 bridgehead atoms. The Labute approximate surface area is 716 Å². The maximum absolute atomic E-state index is 14.4. The first-order chi connectivity index (χ1) is 59.6. The number of aliphatic hydroxyl groups is 1. The average Bonchev–Trinajstić information content (AvgIpc) is 1.42. The van der Waals surface area contributed by atoms with Crippen LogP contribution in [0.15, 0.2) is 30.4 Å². The number of phenolic OH excluding ortho intramolecular Hbond substituents is 2. The highest BCUT2D eigenvalue weighted by atomic mass is 16.7. The molecule has 6 aliphatic rings. The fourth-order valence-corrected chi connectivity index (χ4v) is 14.7. The molecule has 125 heavy (non-hydrogen) atoms. The van der Waals surface area contributed by atoms with Gasteiger partial charge in [0.1, 0.15) is 59.7 Å². The average molecular weight is 1760 g/mol. The molecular formula is C80H110N14O31. The van der Waals surface area contributed by atoms with Crippen LogP contribution in [0.2, 0.25) is 0 Å². The Hall–Kier alpha value is -11.7. The van der Waals surface area contributed by atoms with Gasteiger partial charge in [-0.25, -0.2) is 4.79 Å². The zero-order valence-corrected chi connectivity index (χ0v) is 69.9. The minimum Gasteiger partial charge on any atom is -0.507 e. The van der Waals surface area contributed by atoms with Crippen molar-refractivity contribution in [3.63, 3.8) is 0 Å². The van der Waals surface area contributed by atoms with Crippen molar-refractivity contribution < 1.29 is 150 Å². The number of nitrogens with one attached hydrogen (secondary N) is 12. The number of benzene rings is 2. The van der Waals surface area contributed by atoms with E-state index < -0.39 is 216 Å². The van der Waals surface area contributed by atoms with Crippen molar-refractivity contribution in [1.29, 1.82) is 0 Å². The Balaban J connectivity index is 0.730. The van der Waals surface area contributed by atoms with Gasteiger partial charge < -0.3 is 127 Å². The molecule has 0 spiro atoms. The summed E-state index contributed by atoms with van der Waals surface area (Å²) < 4.78 is 46.8. The predicted octanol–water partition coefficient (Wildman–Crippen LogP) is -4.74. The number of amides is 14. The number of nitrogens with zero attached hydrogens (tertiary/aromatic N) is 2. The fourth-order valence-electron chi connectivity index (χ4n) is 14.7. The van der Waals surface area contributed by atoms with E-state index in [1.165, 1.54) is 46.3 Å². The second-order valence-corrected chi connectivity index (χ2v) is 30.3. The Bertz CT molecular complexity index is 4340. The molecule has 2 aromatic rings. The van der Waals surface area contributed by atoms with Gasteiger partial charge in [-0.2, -0.15) is 0 Å². The number of hydrogen-bond acceptors (Lipinski definition) is 30. The summed E-state index contributed by atoms with van der Waals surface area (Å²) in [5, 5.41) is 84.7. The monoisotopic (exact) mass is 1760 g/mol. The lowest BCUT2D eigenvalue weighted by molar-refractivity contribution is -0.256. The first-order valence-corrected chi connectivity index (χ1v) is 41.1. The predicted molar refractivity (Wildman–Crippen MR) is 428 cm³/mol. The lowest BCUT2D eigenvalue weighted by atomic mass is 9.72. The Kier molecular flexibility index (Phi) is 37.9. The smallest absolute Gasteiger partial charge is 0.326 e. The van der Waals surface area contributed by atoms with E-state index in [-0.39, 0.29) is 189 Å². The van der Waals surface area contributed by atoms with E-state index in [1.54, 1.807) is 6.92 Å². The number of fused-ring (bicyclic) bond motifs is 6. The molecule has 45 nitrogen and oxygen atoms in total. The summed E-state index contributed by atoms with van der Waals surface area (Å²) in [5.41, 5.74) is -4.31. The van der Waals surface area contributed by atoms with Crippen LogP contribution in [-0.2, 0) is 116 Å². The largest absolute Gasteiger partial charge is 0.507 e. The number of ketones is 2. The van der Waals surface area contributed by atoms with Crippen molar-refractivity contribution in [1.82, 2.24) is 73.6 Å². The van der Waals surface area contributed by atoms with Crippen LogP contribution in [0.4, 0.5) is 0 Å². The number of imide groups is 1. The fraction of sp³-hybridized carbons (Fsp3) is 0.600. The van der Waals surface area contributed by atoms with E-state index in [4.69, 9.17) is 43.0 Å². The van der Waals surface area contributed by atoms with E-state index in [1.807, 2.05) is 0 Å². The highest BCUT2D eigenvalue weighted by Gasteiger charge is 2.56. The van der Waals surface area contributed by atoms with E-state index in [2.05, 4.69) is 68.7 Å². The lowest BCUT2D eigenvalue weighted by Crippen LogP contribution is -2.56. The van der Waals surface area contributed by atoms with E-state index in [0.29, 0.717) is 26.0 Å². The minimum absolute atomic E-state index is 0.00224. The maximum Gasteiger partial charge on any atom is 0.326 e. The maximum atomic E-state index is 14.4. The number of carbonyl (C=O) groups excluding carboxylic acids is 16. The van der Waals surface area contributed by atoms with Crippen LogP contribution >= 0.6 is 0 Å². The standard InChI is InChI=1S/C80H110N14O31/c1-42(73(111)85-27-28-86-79(116)80(117)37-46-65(71(110)67-66(69(46)108)68(107)45-12-8-14-50(118-4)64(45)70(67)109)51(38-80)124-63-36-49-72(44(3)123-63)125-76-78(119-5)122-35-31-93(49)76)90-74(112)43(2)89-58(101)40-87-57(100)39-88-75(113)47(91-56(99)22-26-83-52(95)16-10-30-94-60(103)20-21-61(94)104)13-6-7-24-81-54(97)23-33-120-34-29-84-59(102)41-121-32-11-25-82-53(96)19-18-48(77(114)115)92-55(98)15-9-17-62(105)106/h8,12,14,20-21,42-44,47-49,51,63,72,76,78,108,110,117H,6-7,9-11,13,15-19,22-41H2,1-5H3,(H,81,97)(H,82,96)(H,83,95)(H,84,102)(H,85,111)(H,86,116)(H,87,100)(H,88,113)(H,89,101)(H,90,112)(H,91,99)(H,92,98)(H,105,106)(H,114,115)/t42-,43-,44-,47+,48-,49-,51-,63-,72+,76+,78-,80-/m0/s1. The summed E-state index contributed by atoms with van der Waals surface area (Å²) in [7, 11) is 2.78. The van der Waals surface area contributed by atoms with Gasteiger partial charge in [0, 0.05) is 159 Å². The molecule has 686 valence electrons. The summed E-state index contributed by atoms with van der Waals surface area (Å²) in [6.07, 6.45) is -4.12. The second-order valence-electron chi connectivity index (χ2n) is 30.3. The number of carbonyl (C=O) groups is 18. The number of aromatic hydroxyl groups is 2. The van der Waals surface area contributed by atoms with Gasteiger partial charge in [-0.3, -0.25) is 91.3 Å². The quantitative estimate of drug-likeness (QED) is 0.0143. The molecule has 12 atom stereocenters. The molecular weight excluding hydrogens is 1650 g/mol. The number of carboxylic acid groups (broad SMARTS) is 2. The lowest BCUT2D eigenvalue weighted by Gasteiger charge is -2.43. The molecule has 3 fully saturated rings. The topological polar surface area (TPSA) is 633 Å². The number of hydrogen-bond donors (Lipinski definition) is 17. The number of ether oxygens (including phenoxy) is 8. The summed E-state index contributed by atoms with van der Waals surface area (Å²) in [5.74, 6) is -15.0. The normalized spacial score (nSPS) is 20.7. The molecule has 2 aromatic carbocycles. The van der Waals surface area contributed by atoms with Crippen LogP contribution in [0.3, 0.4) is 0 Å². The summed E-state index contributed by atoms with van der Waals surface area (Å²) >= 11 is 0. The van der Waals surface area contributed by atoms with Gasteiger partial charge in [0.05, 0.1) is 68.9 Å². The number of methoxy groups -OCH3 is 2. The SMILES string of the molecule is COc1cccc2c1C(=O)c1c(O)c3c(c(O)c1C2=O)C[C@@](O)(C(=O)NCCNC(=O)[C@H](C)NC(=O)[C@H](C)NC(=O)CNC(=O)CNC(=O)[C@@H](CCCCNC(=O)CCOCCNC(=O)COCCCNC(=O)CC[C@H](NC(=O)CCCC(=O)O)C(=O)O)NC(=O)CCNC(=O)CCCN1C(=O)C=CC1=O)C[C@@H]3O[C@H]1C[C@H]2[C@H](O[C@@H]3[C@@H](OC)OCCN32)[C@H](C)O1. The van der Waals surface area contributed by atoms with E-state index in [0.717, 1.165) is 17.1 Å². The number of unbranched alkanes of at least 4 members (excludes halogenated alkanes) is 1. The number of aliphatic carboxylic acids is 2. The summed E-state index contributed by atoms with van der Waals surface area (Å²) in [4.78, 5) is 233. The third kappa shape index (κ3) is 28.4. The molecule has 14 amide bonds. The van der Waals surface area contributed by atoms with Gasteiger partial charge in [0.2, 0.25) is 70.8 Å². The summed E-state index contributed by atoms with van der Waals surface area (Å²) in [6.45, 7) is 3.20. The molecule has 4 aliphatic heterocycles. The van der Waals surface area contributed by atoms with Gasteiger partial charge in [0.15, 0.2) is 24.6 Å². The van der Waals surface area contributed by atoms with Gasteiger partial charge in [-0.1, -0.05) is 12.1 Å².